The van der Waals surface area contributed by atoms with Gasteiger partial charge in [-0.3, -0.25) is 14.3 Å². The first-order valence-electron chi connectivity index (χ1n) is 9.46. The van der Waals surface area contributed by atoms with E-state index in [0.717, 1.165) is 5.56 Å². The normalized spacial score (nSPS) is 10.5. The first-order chi connectivity index (χ1) is 14.7. The second kappa shape index (κ2) is 8.91. The maximum Gasteiger partial charge on any atom is 0.255 e. The Kier molecular flexibility index (Phi) is 5.70. The smallest absolute Gasteiger partial charge is 0.255 e. The van der Waals surface area contributed by atoms with Gasteiger partial charge in [0.15, 0.2) is 0 Å². The zero-order chi connectivity index (χ0) is 20.8. The number of amides is 2. The summed E-state index contributed by atoms with van der Waals surface area (Å²) in [5, 5.41) is 9.79. The lowest BCUT2D eigenvalue weighted by Gasteiger charge is -2.11. The molecular formula is C23H20N4O3. The van der Waals surface area contributed by atoms with Gasteiger partial charge < -0.3 is 15.1 Å². The van der Waals surface area contributed by atoms with Crippen LogP contribution in [0, 0.1) is 0 Å². The lowest BCUT2D eigenvalue weighted by atomic mass is 10.1. The molecule has 0 aliphatic heterocycles. The molecule has 0 atom stereocenters. The average Bonchev–Trinajstić information content (AvgIpc) is 3.47. The molecule has 2 aromatic carbocycles. The number of hydrogen-bond donors (Lipinski definition) is 2. The minimum absolute atomic E-state index is 0.270. The van der Waals surface area contributed by atoms with Gasteiger partial charge in [0.25, 0.3) is 11.8 Å². The molecule has 150 valence electrons. The molecule has 4 rings (SSSR count). The van der Waals surface area contributed by atoms with Gasteiger partial charge in [0.05, 0.1) is 30.6 Å². The average molecular weight is 400 g/mol. The number of carbonyl (C=O) groups excluding carboxylic acids is 2. The minimum Gasteiger partial charge on any atom is -0.467 e. The van der Waals surface area contributed by atoms with Crippen molar-refractivity contribution in [3.05, 3.63) is 108 Å². The monoisotopic (exact) mass is 400 g/mol. The zero-order valence-corrected chi connectivity index (χ0v) is 16.1. The molecule has 0 unspecified atom stereocenters. The molecule has 0 aliphatic rings. The highest BCUT2D eigenvalue weighted by molar-refractivity contribution is 6.09. The Balaban J connectivity index is 1.42. The lowest BCUT2D eigenvalue weighted by molar-refractivity contribution is 0.0949. The summed E-state index contributed by atoms with van der Waals surface area (Å²) < 4.78 is 7.04. The number of hydrogen-bond acceptors (Lipinski definition) is 4. The number of furan rings is 1. The van der Waals surface area contributed by atoms with Crippen molar-refractivity contribution in [1.29, 1.82) is 0 Å². The molecule has 7 heteroatoms. The van der Waals surface area contributed by atoms with Crippen LogP contribution in [0.15, 0.2) is 89.8 Å². The van der Waals surface area contributed by atoms with E-state index in [4.69, 9.17) is 4.42 Å². The lowest BCUT2D eigenvalue weighted by Crippen LogP contribution is -2.24. The number of anilines is 1. The largest absolute Gasteiger partial charge is 0.467 e. The van der Waals surface area contributed by atoms with Gasteiger partial charge >= 0.3 is 0 Å². The van der Waals surface area contributed by atoms with Crippen LogP contribution < -0.4 is 10.6 Å². The van der Waals surface area contributed by atoms with Gasteiger partial charge in [-0.15, -0.1) is 0 Å². The predicted octanol–water partition coefficient (Wildman–Crippen LogP) is 3.71. The van der Waals surface area contributed by atoms with Crippen molar-refractivity contribution < 1.29 is 14.0 Å². The molecule has 2 heterocycles. The van der Waals surface area contributed by atoms with Gasteiger partial charge in [0.1, 0.15) is 5.76 Å². The van der Waals surface area contributed by atoms with E-state index in [0.29, 0.717) is 29.1 Å². The fraction of sp³-hybridized carbons (Fsp3) is 0.0870. The van der Waals surface area contributed by atoms with Gasteiger partial charge in [-0.25, -0.2) is 0 Å². The number of carbonyl (C=O) groups is 2. The van der Waals surface area contributed by atoms with Gasteiger partial charge in [-0.05, 0) is 48.0 Å². The van der Waals surface area contributed by atoms with Crippen LogP contribution in [0.5, 0.6) is 0 Å². The van der Waals surface area contributed by atoms with Crippen molar-refractivity contribution in [1.82, 2.24) is 15.1 Å². The van der Waals surface area contributed by atoms with Crippen LogP contribution in [0.3, 0.4) is 0 Å². The molecule has 0 saturated carbocycles. The number of rotatable bonds is 7. The van der Waals surface area contributed by atoms with Crippen molar-refractivity contribution in [3.63, 3.8) is 0 Å². The highest BCUT2D eigenvalue weighted by Gasteiger charge is 2.14. The first kappa shape index (κ1) is 19.2. The molecular weight excluding hydrogens is 380 g/mol. The van der Waals surface area contributed by atoms with Crippen LogP contribution in [0.2, 0.25) is 0 Å². The summed E-state index contributed by atoms with van der Waals surface area (Å²) in [6.07, 6.45) is 5.16. The molecule has 0 bridgehead atoms. The molecule has 2 aromatic heterocycles. The van der Waals surface area contributed by atoms with Crippen LogP contribution in [-0.4, -0.2) is 21.6 Å². The van der Waals surface area contributed by atoms with E-state index >= 15 is 0 Å². The molecule has 4 aromatic rings. The summed E-state index contributed by atoms with van der Waals surface area (Å²) in [7, 11) is 0. The summed E-state index contributed by atoms with van der Waals surface area (Å²) in [6.45, 7) is 0.902. The van der Waals surface area contributed by atoms with Crippen LogP contribution in [0.1, 0.15) is 32.0 Å². The predicted molar refractivity (Wildman–Crippen MR) is 112 cm³/mol. The fourth-order valence-electron chi connectivity index (χ4n) is 3.00. The number of aromatic nitrogens is 2. The Morgan fingerprint density at radius 2 is 1.77 bits per heavy atom. The summed E-state index contributed by atoms with van der Waals surface area (Å²) in [6, 6.07) is 19.6. The van der Waals surface area contributed by atoms with Crippen LogP contribution in [0.4, 0.5) is 5.69 Å². The van der Waals surface area contributed by atoms with E-state index < -0.39 is 0 Å². The zero-order valence-electron chi connectivity index (χ0n) is 16.1. The van der Waals surface area contributed by atoms with Crippen molar-refractivity contribution in [3.8, 4) is 0 Å². The quantitative estimate of drug-likeness (QED) is 0.495. The summed E-state index contributed by atoms with van der Waals surface area (Å²) >= 11 is 0. The Morgan fingerprint density at radius 3 is 2.50 bits per heavy atom. The molecule has 7 nitrogen and oxygen atoms in total. The third kappa shape index (κ3) is 4.64. The third-order valence-electron chi connectivity index (χ3n) is 4.54. The van der Waals surface area contributed by atoms with E-state index in [1.165, 1.54) is 0 Å². The molecule has 0 fully saturated rings. The molecule has 0 radical (unpaired) electrons. The second-order valence-corrected chi connectivity index (χ2v) is 6.66. The van der Waals surface area contributed by atoms with E-state index in [1.54, 1.807) is 61.0 Å². The number of nitrogens with zero attached hydrogens (tertiary/aromatic N) is 2. The van der Waals surface area contributed by atoms with E-state index in [2.05, 4.69) is 15.7 Å². The Hall–Kier alpha value is -4.13. The highest BCUT2D eigenvalue weighted by atomic mass is 16.3. The maximum atomic E-state index is 12.7. The topological polar surface area (TPSA) is 89.2 Å². The molecule has 0 aliphatic carbocycles. The standard InChI is InChI=1S/C23H20N4O3/c28-22(18-10-8-17(9-11-18)16-27-13-4-12-25-27)26-21-7-2-1-6-20(21)23(29)24-15-19-5-3-14-30-19/h1-14H,15-16H2,(H,24,29)(H,26,28). The number of benzene rings is 2. The van der Waals surface area contributed by atoms with Crippen molar-refractivity contribution in [2.45, 2.75) is 13.1 Å². The van der Waals surface area contributed by atoms with Crippen LogP contribution in [-0.2, 0) is 13.1 Å². The first-order valence-corrected chi connectivity index (χ1v) is 9.46. The van der Waals surface area contributed by atoms with E-state index in [9.17, 15) is 9.59 Å². The summed E-state index contributed by atoms with van der Waals surface area (Å²) in [5.41, 5.74) is 2.37. The molecule has 2 N–H and O–H groups in total. The Bertz CT molecular complexity index is 1120. The third-order valence-corrected chi connectivity index (χ3v) is 4.54. The SMILES string of the molecule is O=C(Nc1ccccc1C(=O)NCc1ccco1)c1ccc(Cn2cccn2)cc1. The Labute approximate surface area is 173 Å². The van der Waals surface area contributed by atoms with Gasteiger partial charge in [0, 0.05) is 18.0 Å². The van der Waals surface area contributed by atoms with Gasteiger partial charge in [0.2, 0.25) is 0 Å². The minimum atomic E-state index is -0.295. The van der Waals surface area contributed by atoms with E-state index in [-0.39, 0.29) is 18.4 Å². The fourth-order valence-corrected chi connectivity index (χ4v) is 3.00. The van der Waals surface area contributed by atoms with Crippen molar-refractivity contribution in [2.24, 2.45) is 0 Å². The van der Waals surface area contributed by atoms with Gasteiger partial charge in [-0.2, -0.15) is 5.10 Å². The van der Waals surface area contributed by atoms with Crippen molar-refractivity contribution in [2.75, 3.05) is 5.32 Å². The van der Waals surface area contributed by atoms with Crippen LogP contribution >= 0.6 is 0 Å². The Morgan fingerprint density at radius 1 is 0.933 bits per heavy atom. The van der Waals surface area contributed by atoms with Crippen LogP contribution in [0.25, 0.3) is 0 Å². The second-order valence-electron chi connectivity index (χ2n) is 6.66. The summed E-state index contributed by atoms with van der Waals surface area (Å²) in [5.74, 6) is 0.0730. The maximum absolute atomic E-state index is 12.7. The molecule has 0 saturated heterocycles. The highest BCUT2D eigenvalue weighted by Crippen LogP contribution is 2.17. The molecule has 30 heavy (non-hydrogen) atoms. The molecule has 0 spiro atoms. The van der Waals surface area contributed by atoms with E-state index in [1.807, 2.05) is 29.1 Å². The van der Waals surface area contributed by atoms with Crippen molar-refractivity contribution >= 4 is 17.5 Å². The number of para-hydroxylation sites is 1. The van der Waals surface area contributed by atoms with Gasteiger partial charge in [-0.1, -0.05) is 24.3 Å². The summed E-state index contributed by atoms with van der Waals surface area (Å²) in [4.78, 5) is 25.2. The molecule has 2 amide bonds. The number of nitrogens with one attached hydrogen (secondary N) is 2.